The third-order valence-electron chi connectivity index (χ3n) is 4.85. The molecule has 3 heterocycles. The molecule has 0 saturated heterocycles. The quantitative estimate of drug-likeness (QED) is 0.538. The molecule has 10 heteroatoms. The standard InChI is InChI=1S/C21H28N8O2/c1-6-7-11-28-16-17(25-19(28)26(4)13-21(2,3)23)27(5)20(31)29(18(16)30)12-15-14(22)9-8-10-24-15/h8-10H,11-13,22-23H2,1-5H3. The Kier molecular flexibility index (Phi) is 5.90. The van der Waals surface area contributed by atoms with Crippen LogP contribution in [0.25, 0.3) is 11.2 Å². The second-order valence-corrected chi connectivity index (χ2v) is 8.21. The number of fused-ring (bicyclic) bond motifs is 1. The van der Waals surface area contributed by atoms with E-state index in [0.717, 1.165) is 4.57 Å². The molecule has 0 bridgehead atoms. The van der Waals surface area contributed by atoms with Crippen LogP contribution in [0.3, 0.4) is 0 Å². The van der Waals surface area contributed by atoms with Gasteiger partial charge in [-0.3, -0.25) is 23.5 Å². The Labute approximate surface area is 180 Å². The van der Waals surface area contributed by atoms with Crippen LogP contribution in [-0.2, 0) is 20.1 Å². The second-order valence-electron chi connectivity index (χ2n) is 8.21. The van der Waals surface area contributed by atoms with Crippen LogP contribution in [-0.4, -0.2) is 42.8 Å². The van der Waals surface area contributed by atoms with E-state index in [9.17, 15) is 9.59 Å². The van der Waals surface area contributed by atoms with E-state index in [1.165, 1.54) is 4.57 Å². The summed E-state index contributed by atoms with van der Waals surface area (Å²) in [6.07, 6.45) is 1.57. The summed E-state index contributed by atoms with van der Waals surface area (Å²) >= 11 is 0. The molecule has 0 saturated carbocycles. The maximum Gasteiger partial charge on any atom is 0.332 e. The van der Waals surface area contributed by atoms with Crippen molar-refractivity contribution in [3.8, 4) is 11.8 Å². The van der Waals surface area contributed by atoms with Crippen molar-refractivity contribution in [3.05, 3.63) is 44.9 Å². The zero-order valence-corrected chi connectivity index (χ0v) is 18.5. The molecule has 0 aromatic carbocycles. The lowest BCUT2D eigenvalue weighted by Gasteiger charge is -2.27. The van der Waals surface area contributed by atoms with E-state index in [1.54, 1.807) is 36.9 Å². The number of nitrogen functional groups attached to an aromatic ring is 1. The summed E-state index contributed by atoms with van der Waals surface area (Å²) in [6, 6.07) is 3.38. The van der Waals surface area contributed by atoms with E-state index < -0.39 is 16.8 Å². The molecule has 3 aromatic heterocycles. The fraction of sp³-hybridized carbons (Fsp3) is 0.429. The Morgan fingerprint density at radius 1 is 1.26 bits per heavy atom. The van der Waals surface area contributed by atoms with Crippen molar-refractivity contribution in [2.45, 2.75) is 39.4 Å². The first-order valence-electron chi connectivity index (χ1n) is 9.84. The van der Waals surface area contributed by atoms with Gasteiger partial charge in [0.1, 0.15) is 0 Å². The first kappa shape index (κ1) is 22.1. The van der Waals surface area contributed by atoms with Gasteiger partial charge in [0.15, 0.2) is 11.2 Å². The molecule has 4 N–H and O–H groups in total. The van der Waals surface area contributed by atoms with E-state index >= 15 is 0 Å². The number of aromatic nitrogens is 5. The number of rotatable bonds is 6. The highest BCUT2D eigenvalue weighted by Gasteiger charge is 2.24. The Bertz CT molecular complexity index is 1300. The van der Waals surface area contributed by atoms with Crippen LogP contribution in [0.15, 0.2) is 27.9 Å². The van der Waals surface area contributed by atoms with Gasteiger partial charge in [0.05, 0.1) is 24.5 Å². The number of pyridine rings is 1. The number of anilines is 2. The number of imidazole rings is 1. The molecule has 0 fully saturated rings. The second kappa shape index (κ2) is 8.28. The van der Waals surface area contributed by atoms with E-state index in [0.29, 0.717) is 23.9 Å². The average molecular weight is 425 g/mol. The molecule has 31 heavy (non-hydrogen) atoms. The maximum absolute atomic E-state index is 13.5. The smallest absolute Gasteiger partial charge is 0.332 e. The van der Waals surface area contributed by atoms with Crippen molar-refractivity contribution < 1.29 is 0 Å². The number of nitrogens with zero attached hydrogens (tertiary/aromatic N) is 6. The third kappa shape index (κ3) is 4.32. The van der Waals surface area contributed by atoms with Crippen LogP contribution in [0.4, 0.5) is 11.6 Å². The summed E-state index contributed by atoms with van der Waals surface area (Å²) in [5, 5.41) is 0. The lowest BCUT2D eigenvalue weighted by atomic mass is 10.1. The monoisotopic (exact) mass is 424 g/mol. The van der Waals surface area contributed by atoms with Gasteiger partial charge in [0, 0.05) is 32.4 Å². The van der Waals surface area contributed by atoms with Crippen LogP contribution in [0.5, 0.6) is 0 Å². The minimum atomic E-state index is -0.498. The zero-order chi connectivity index (χ0) is 22.9. The Hall–Kier alpha value is -3.58. The summed E-state index contributed by atoms with van der Waals surface area (Å²) in [6.45, 7) is 6.23. The van der Waals surface area contributed by atoms with E-state index in [2.05, 4.69) is 21.8 Å². The largest absolute Gasteiger partial charge is 0.397 e. The molecular formula is C21H28N8O2. The number of hydrogen-bond acceptors (Lipinski definition) is 7. The number of nitrogens with two attached hydrogens (primary N) is 2. The number of aryl methyl sites for hydroxylation is 1. The lowest BCUT2D eigenvalue weighted by Crippen LogP contribution is -2.44. The van der Waals surface area contributed by atoms with Crippen LogP contribution < -0.4 is 27.6 Å². The normalized spacial score (nSPS) is 11.4. The van der Waals surface area contributed by atoms with Gasteiger partial charge in [-0.25, -0.2) is 4.79 Å². The average Bonchev–Trinajstić information content (AvgIpc) is 3.08. The highest BCUT2D eigenvalue weighted by Crippen LogP contribution is 2.20. The fourth-order valence-electron chi connectivity index (χ4n) is 3.51. The minimum absolute atomic E-state index is 0.0419. The van der Waals surface area contributed by atoms with Gasteiger partial charge in [-0.1, -0.05) is 5.92 Å². The Morgan fingerprint density at radius 2 is 1.97 bits per heavy atom. The molecule has 10 nitrogen and oxygen atoms in total. The maximum atomic E-state index is 13.5. The summed E-state index contributed by atoms with van der Waals surface area (Å²) in [4.78, 5) is 37.1. The summed E-state index contributed by atoms with van der Waals surface area (Å²) in [5.41, 5.74) is 12.1. The highest BCUT2D eigenvalue weighted by molar-refractivity contribution is 5.74. The lowest BCUT2D eigenvalue weighted by molar-refractivity contribution is 0.512. The first-order valence-corrected chi connectivity index (χ1v) is 9.84. The molecule has 0 amide bonds. The van der Waals surface area contributed by atoms with Crippen molar-refractivity contribution >= 4 is 22.8 Å². The van der Waals surface area contributed by atoms with Gasteiger partial charge >= 0.3 is 5.69 Å². The van der Waals surface area contributed by atoms with Gasteiger partial charge in [-0.2, -0.15) is 4.98 Å². The van der Waals surface area contributed by atoms with Crippen molar-refractivity contribution in [1.29, 1.82) is 0 Å². The van der Waals surface area contributed by atoms with Crippen LogP contribution in [0.1, 0.15) is 26.5 Å². The van der Waals surface area contributed by atoms with Crippen molar-refractivity contribution in [2.24, 2.45) is 12.8 Å². The van der Waals surface area contributed by atoms with Gasteiger partial charge in [-0.15, -0.1) is 5.92 Å². The van der Waals surface area contributed by atoms with Crippen LogP contribution in [0.2, 0.25) is 0 Å². The number of likely N-dealkylation sites (N-methyl/N-ethyl adjacent to an activating group) is 1. The highest BCUT2D eigenvalue weighted by atomic mass is 16.2. The molecule has 0 aliphatic rings. The third-order valence-corrected chi connectivity index (χ3v) is 4.85. The van der Waals surface area contributed by atoms with Gasteiger partial charge in [0.2, 0.25) is 5.95 Å². The summed E-state index contributed by atoms with van der Waals surface area (Å²) in [5.74, 6) is 6.35. The molecule has 0 spiro atoms. The zero-order valence-electron chi connectivity index (χ0n) is 18.5. The molecule has 3 aromatic rings. The van der Waals surface area contributed by atoms with Crippen molar-refractivity contribution in [3.63, 3.8) is 0 Å². The van der Waals surface area contributed by atoms with E-state index in [1.807, 2.05) is 25.8 Å². The van der Waals surface area contributed by atoms with Crippen molar-refractivity contribution in [1.82, 2.24) is 23.7 Å². The summed E-state index contributed by atoms with van der Waals surface area (Å²) in [7, 11) is 3.43. The fourth-order valence-corrected chi connectivity index (χ4v) is 3.51. The van der Waals surface area contributed by atoms with Crippen molar-refractivity contribution in [2.75, 3.05) is 24.2 Å². The predicted octanol–water partition coefficient (Wildman–Crippen LogP) is 0.119. The Morgan fingerprint density at radius 3 is 2.58 bits per heavy atom. The SMILES string of the molecule is CC#CCn1c(N(C)CC(C)(C)N)nc2c1c(=O)n(Cc1ncccc1N)c(=O)n2C. The van der Waals surface area contributed by atoms with Gasteiger partial charge < -0.3 is 16.4 Å². The molecule has 0 radical (unpaired) electrons. The minimum Gasteiger partial charge on any atom is -0.397 e. The van der Waals surface area contributed by atoms with Crippen LogP contribution >= 0.6 is 0 Å². The number of hydrogen-bond donors (Lipinski definition) is 2. The molecule has 164 valence electrons. The molecule has 0 aliphatic heterocycles. The van der Waals surface area contributed by atoms with Gasteiger partial charge in [-0.05, 0) is 32.9 Å². The molecule has 0 aliphatic carbocycles. The Balaban J connectivity index is 2.28. The molecule has 3 rings (SSSR count). The summed E-state index contributed by atoms with van der Waals surface area (Å²) < 4.78 is 4.20. The molecule has 0 unspecified atom stereocenters. The topological polar surface area (TPSA) is 130 Å². The van der Waals surface area contributed by atoms with Gasteiger partial charge in [0.25, 0.3) is 5.56 Å². The molecular weight excluding hydrogens is 396 g/mol. The molecule has 0 atom stereocenters. The van der Waals surface area contributed by atoms with Crippen LogP contribution in [0, 0.1) is 11.8 Å². The first-order chi connectivity index (χ1) is 14.5. The van der Waals surface area contributed by atoms with E-state index in [-0.39, 0.29) is 24.3 Å². The van der Waals surface area contributed by atoms with E-state index in [4.69, 9.17) is 11.5 Å². The predicted molar refractivity (Wildman–Crippen MR) is 122 cm³/mol.